The fraction of sp³-hybridized carbons (Fsp3) is 0.632. The van der Waals surface area contributed by atoms with E-state index in [1.165, 1.54) is 38.5 Å². The summed E-state index contributed by atoms with van der Waals surface area (Å²) in [6.07, 6.45) is 14.0. The van der Waals surface area contributed by atoms with Gasteiger partial charge in [-0.3, -0.25) is 10.1 Å². The first-order chi connectivity index (χ1) is 11.7. The predicted octanol–water partition coefficient (Wildman–Crippen LogP) is 1.11. The van der Waals surface area contributed by atoms with Crippen LogP contribution in [0.3, 0.4) is 0 Å². The number of alkyl carbamates (subject to hydrolysis) is 1. The van der Waals surface area contributed by atoms with Gasteiger partial charge in [0.05, 0.1) is 0 Å². The minimum Gasteiger partial charge on any atom is -1.00 e. The highest BCUT2D eigenvalue weighted by Crippen LogP contribution is 2.10. The van der Waals surface area contributed by atoms with Gasteiger partial charge in [0.25, 0.3) is 0 Å². The molecule has 0 aliphatic heterocycles. The first kappa shape index (κ1) is 23.4. The number of hydrogen-bond acceptors (Lipinski definition) is 3. The lowest BCUT2D eigenvalue weighted by atomic mass is 10.1. The Morgan fingerprint density at radius 1 is 0.880 bits per heavy atom. The molecule has 5 nitrogen and oxygen atoms in total. The van der Waals surface area contributed by atoms with Gasteiger partial charge >= 0.3 is 12.1 Å². The number of unbranched alkanes of at least 4 members (excludes halogenated alkanes) is 8. The summed E-state index contributed by atoms with van der Waals surface area (Å²) in [6.45, 7) is 2.50. The summed E-state index contributed by atoms with van der Waals surface area (Å²) in [7, 11) is 0. The summed E-state index contributed by atoms with van der Waals surface area (Å²) in [6, 6.07) is 5.62. The van der Waals surface area contributed by atoms with Gasteiger partial charge in [0.1, 0.15) is 0 Å². The molecule has 1 N–H and O–H groups in total. The van der Waals surface area contributed by atoms with Gasteiger partial charge in [-0.05, 0) is 6.42 Å². The van der Waals surface area contributed by atoms with Gasteiger partial charge in [0.2, 0.25) is 6.67 Å². The van der Waals surface area contributed by atoms with Crippen LogP contribution < -0.4 is 22.3 Å². The monoisotopic (exact) mass is 370 g/mol. The van der Waals surface area contributed by atoms with Gasteiger partial charge in [0.15, 0.2) is 12.4 Å². The van der Waals surface area contributed by atoms with Crippen molar-refractivity contribution in [2.24, 2.45) is 0 Å². The number of nitrogens with one attached hydrogen (secondary N) is 1. The van der Waals surface area contributed by atoms with E-state index in [4.69, 9.17) is 4.74 Å². The molecule has 0 saturated carbocycles. The van der Waals surface area contributed by atoms with Crippen molar-refractivity contribution in [2.45, 2.75) is 77.8 Å². The molecular formula is C19H31ClN2O3. The Balaban J connectivity index is 0.00000576. The van der Waals surface area contributed by atoms with Crippen molar-refractivity contribution in [1.29, 1.82) is 0 Å². The van der Waals surface area contributed by atoms with Crippen molar-refractivity contribution >= 4 is 12.1 Å². The lowest BCUT2D eigenvalue weighted by Gasteiger charge is -2.04. The molecule has 1 aromatic heterocycles. The van der Waals surface area contributed by atoms with Gasteiger partial charge in [0, 0.05) is 18.6 Å². The Kier molecular flexibility index (Phi) is 14.9. The van der Waals surface area contributed by atoms with Gasteiger partial charge in [-0.25, -0.2) is 4.79 Å². The molecule has 0 spiro atoms. The third-order valence-corrected chi connectivity index (χ3v) is 3.87. The first-order valence-electron chi connectivity index (χ1n) is 9.15. The number of esters is 1. The molecule has 1 amide bonds. The van der Waals surface area contributed by atoms with E-state index in [-0.39, 0.29) is 19.1 Å². The Morgan fingerprint density at radius 3 is 2.04 bits per heavy atom. The minimum atomic E-state index is -0.688. The van der Waals surface area contributed by atoms with E-state index in [1.807, 2.05) is 30.6 Å². The van der Waals surface area contributed by atoms with Crippen molar-refractivity contribution in [2.75, 3.05) is 0 Å². The highest BCUT2D eigenvalue weighted by atomic mass is 35.5. The van der Waals surface area contributed by atoms with E-state index >= 15 is 0 Å². The highest BCUT2D eigenvalue weighted by Gasteiger charge is 2.11. The summed E-state index contributed by atoms with van der Waals surface area (Å²) in [5, 5.41) is 2.55. The normalized spacial score (nSPS) is 9.96. The van der Waals surface area contributed by atoms with E-state index in [9.17, 15) is 9.59 Å². The molecule has 0 unspecified atom stereocenters. The molecule has 0 bridgehead atoms. The maximum atomic E-state index is 11.6. The maximum Gasteiger partial charge on any atom is 0.419 e. The largest absolute Gasteiger partial charge is 1.00 e. The van der Waals surface area contributed by atoms with Crippen LogP contribution in [0, 0.1) is 0 Å². The van der Waals surface area contributed by atoms with E-state index in [1.54, 1.807) is 4.57 Å². The van der Waals surface area contributed by atoms with Crippen molar-refractivity contribution in [1.82, 2.24) is 5.32 Å². The number of carbonyl (C=O) groups is 2. The number of nitrogens with zero attached hydrogens (tertiary/aromatic N) is 1. The van der Waals surface area contributed by atoms with E-state index in [0.29, 0.717) is 6.42 Å². The average molecular weight is 371 g/mol. The second kappa shape index (κ2) is 15.9. The Morgan fingerprint density at radius 2 is 1.44 bits per heavy atom. The number of rotatable bonds is 12. The standard InChI is InChI=1S/C19H30N2O3.ClH/c1-2-3-4-5-6-7-8-9-11-14-18(22)24-19(23)20-17-21-15-12-10-13-16-21;/h10,12-13,15-16H,2-9,11,14,17H2,1H3;1H. The van der Waals surface area contributed by atoms with Crippen LogP contribution >= 0.6 is 0 Å². The number of amides is 1. The first-order valence-corrected chi connectivity index (χ1v) is 9.15. The second-order valence-corrected chi connectivity index (χ2v) is 6.06. The van der Waals surface area contributed by atoms with Gasteiger partial charge < -0.3 is 17.1 Å². The number of carbonyl (C=O) groups excluding carboxylic acids is 2. The highest BCUT2D eigenvalue weighted by molar-refractivity contribution is 5.84. The topological polar surface area (TPSA) is 59.3 Å². The third kappa shape index (κ3) is 13.4. The van der Waals surface area contributed by atoms with E-state index in [2.05, 4.69) is 12.2 Å². The Bertz CT molecular complexity index is 469. The van der Waals surface area contributed by atoms with Crippen molar-refractivity contribution in [3.8, 4) is 0 Å². The van der Waals surface area contributed by atoms with Crippen LogP contribution in [0.1, 0.15) is 71.1 Å². The summed E-state index contributed by atoms with van der Waals surface area (Å²) < 4.78 is 6.53. The zero-order valence-corrected chi connectivity index (χ0v) is 16.0. The molecule has 1 aromatic rings. The average Bonchev–Trinajstić information content (AvgIpc) is 2.59. The fourth-order valence-corrected chi connectivity index (χ4v) is 2.47. The maximum absolute atomic E-state index is 11.6. The molecule has 0 aliphatic carbocycles. The summed E-state index contributed by atoms with van der Waals surface area (Å²) in [5.41, 5.74) is 0. The fourth-order valence-electron chi connectivity index (χ4n) is 2.47. The van der Waals surface area contributed by atoms with Crippen LogP contribution in [-0.4, -0.2) is 12.1 Å². The van der Waals surface area contributed by atoms with Gasteiger partial charge in [-0.1, -0.05) is 64.4 Å². The van der Waals surface area contributed by atoms with Crippen molar-refractivity contribution < 1.29 is 31.3 Å². The molecular weight excluding hydrogens is 340 g/mol. The van der Waals surface area contributed by atoms with Crippen LogP contribution in [-0.2, 0) is 16.2 Å². The van der Waals surface area contributed by atoms with Crippen molar-refractivity contribution in [3.63, 3.8) is 0 Å². The van der Waals surface area contributed by atoms with Crippen molar-refractivity contribution in [3.05, 3.63) is 30.6 Å². The molecule has 0 atom stereocenters. The molecule has 25 heavy (non-hydrogen) atoms. The smallest absolute Gasteiger partial charge is 0.419 e. The Hall–Kier alpha value is -1.62. The zero-order valence-electron chi connectivity index (χ0n) is 15.2. The molecule has 0 aliphatic rings. The predicted molar refractivity (Wildman–Crippen MR) is 93.1 cm³/mol. The molecule has 0 fully saturated rings. The van der Waals surface area contributed by atoms with E-state index < -0.39 is 12.1 Å². The lowest BCUT2D eigenvalue weighted by molar-refractivity contribution is -0.700. The quantitative estimate of drug-likeness (QED) is 0.259. The second-order valence-electron chi connectivity index (χ2n) is 6.06. The zero-order chi connectivity index (χ0) is 17.5. The van der Waals surface area contributed by atoms with Gasteiger partial charge in [-0.2, -0.15) is 4.57 Å². The molecule has 1 heterocycles. The van der Waals surface area contributed by atoms with Crippen LogP contribution in [0.15, 0.2) is 30.6 Å². The molecule has 0 radical (unpaired) electrons. The van der Waals surface area contributed by atoms with Crippen LogP contribution in [0.2, 0.25) is 0 Å². The molecule has 142 valence electrons. The lowest BCUT2D eigenvalue weighted by Crippen LogP contribution is -3.00. The minimum absolute atomic E-state index is 0. The third-order valence-electron chi connectivity index (χ3n) is 3.87. The number of pyridine rings is 1. The number of ether oxygens (including phenoxy) is 1. The number of hydrogen-bond donors (Lipinski definition) is 1. The van der Waals surface area contributed by atoms with Gasteiger partial charge in [-0.15, -0.1) is 0 Å². The van der Waals surface area contributed by atoms with Crippen LogP contribution in [0.4, 0.5) is 4.79 Å². The van der Waals surface area contributed by atoms with Crippen LogP contribution in [0.25, 0.3) is 0 Å². The molecule has 0 aromatic carbocycles. The molecule has 0 saturated heterocycles. The molecule has 1 rings (SSSR count). The Labute approximate surface area is 157 Å². The SMILES string of the molecule is CCCCCCCCCCCC(=O)OC(=O)NC[n+]1ccccc1.[Cl-]. The van der Waals surface area contributed by atoms with E-state index in [0.717, 1.165) is 19.3 Å². The summed E-state index contributed by atoms with van der Waals surface area (Å²) in [5.74, 6) is -0.450. The summed E-state index contributed by atoms with van der Waals surface area (Å²) in [4.78, 5) is 23.1. The number of halogens is 1. The summed E-state index contributed by atoms with van der Waals surface area (Å²) >= 11 is 0. The van der Waals surface area contributed by atoms with Crippen LogP contribution in [0.5, 0.6) is 0 Å². The number of aromatic nitrogens is 1. The molecule has 6 heteroatoms.